The molecule has 0 fully saturated rings. The van der Waals surface area contributed by atoms with E-state index >= 15 is 0 Å². The smallest absolute Gasteiger partial charge is 0.120 e. The van der Waals surface area contributed by atoms with E-state index < -0.39 is 0 Å². The van der Waals surface area contributed by atoms with Gasteiger partial charge in [-0.25, -0.2) is 4.98 Å². The van der Waals surface area contributed by atoms with Gasteiger partial charge in [-0.15, -0.1) is 0 Å². The summed E-state index contributed by atoms with van der Waals surface area (Å²) in [4.78, 5) is 7.57. The van der Waals surface area contributed by atoms with Gasteiger partial charge in [0.05, 0.1) is 30.7 Å². The number of nitrogens with one attached hydrogen (secondary N) is 2. The summed E-state index contributed by atoms with van der Waals surface area (Å²) in [6.07, 6.45) is 3.59. The molecule has 0 aliphatic carbocycles. The lowest BCUT2D eigenvalue weighted by molar-refractivity contribution is 0.199. The first-order chi connectivity index (χ1) is 8.31. The molecule has 0 aromatic carbocycles. The second-order valence-electron chi connectivity index (χ2n) is 3.75. The van der Waals surface area contributed by atoms with Crippen LogP contribution in [-0.4, -0.2) is 40.0 Å². The van der Waals surface area contributed by atoms with Gasteiger partial charge in [-0.3, -0.25) is 4.68 Å². The minimum absolute atomic E-state index is 0.704. The number of imidazole rings is 1. The molecule has 17 heavy (non-hydrogen) atoms. The van der Waals surface area contributed by atoms with Gasteiger partial charge >= 0.3 is 0 Å². The van der Waals surface area contributed by atoms with Crippen LogP contribution in [0.1, 0.15) is 5.82 Å². The van der Waals surface area contributed by atoms with Crippen LogP contribution in [0, 0.1) is 0 Å². The molecule has 2 aromatic rings. The molecule has 0 atom stereocenters. The highest BCUT2D eigenvalue weighted by Crippen LogP contribution is 2.14. The first-order valence-corrected chi connectivity index (χ1v) is 5.53. The van der Waals surface area contributed by atoms with Crippen LogP contribution in [0.15, 0.2) is 18.5 Å². The van der Waals surface area contributed by atoms with E-state index in [9.17, 15) is 0 Å². The van der Waals surface area contributed by atoms with Crippen LogP contribution < -0.4 is 5.32 Å². The van der Waals surface area contributed by atoms with E-state index in [0.717, 1.165) is 23.8 Å². The lowest BCUT2D eigenvalue weighted by atomic mass is 10.3. The minimum Gasteiger partial charge on any atom is -0.383 e. The summed E-state index contributed by atoms with van der Waals surface area (Å²) in [5.74, 6) is 0.914. The lowest BCUT2D eigenvalue weighted by Gasteiger charge is -2.01. The molecule has 2 rings (SSSR count). The van der Waals surface area contributed by atoms with Crippen molar-refractivity contribution >= 4 is 0 Å². The van der Waals surface area contributed by atoms with E-state index in [1.54, 1.807) is 13.3 Å². The highest BCUT2D eigenvalue weighted by molar-refractivity contribution is 5.52. The number of methoxy groups -OCH3 is 1. The molecule has 2 aromatic heterocycles. The van der Waals surface area contributed by atoms with Crippen LogP contribution >= 0.6 is 0 Å². The van der Waals surface area contributed by atoms with Crippen LogP contribution in [0.4, 0.5) is 0 Å². The molecule has 0 amide bonds. The molecule has 6 heteroatoms. The fourth-order valence-corrected chi connectivity index (χ4v) is 1.60. The van der Waals surface area contributed by atoms with Crippen LogP contribution in [0.3, 0.4) is 0 Å². The molecule has 0 radical (unpaired) electrons. The average molecular weight is 235 g/mol. The fraction of sp³-hybridized carbons (Fsp3) is 0.455. The second kappa shape index (κ2) is 5.60. The van der Waals surface area contributed by atoms with Gasteiger partial charge in [0.15, 0.2) is 0 Å². The molecular formula is C11H17N5O. The molecule has 0 aliphatic rings. The summed E-state index contributed by atoms with van der Waals surface area (Å²) in [6.45, 7) is 2.23. The molecule has 0 saturated carbocycles. The molecule has 92 valence electrons. The van der Waals surface area contributed by atoms with E-state index in [1.165, 1.54) is 0 Å². The third-order valence-electron chi connectivity index (χ3n) is 2.50. The normalized spacial score (nSPS) is 10.9. The molecule has 0 spiro atoms. The number of nitrogens with zero attached hydrogens (tertiary/aromatic N) is 3. The predicted molar refractivity (Wildman–Crippen MR) is 64.4 cm³/mol. The highest BCUT2D eigenvalue weighted by atomic mass is 16.5. The Morgan fingerprint density at radius 2 is 2.41 bits per heavy atom. The maximum atomic E-state index is 4.95. The fourth-order valence-electron chi connectivity index (χ4n) is 1.60. The van der Waals surface area contributed by atoms with E-state index in [0.29, 0.717) is 13.2 Å². The number of aromatic amines is 1. The van der Waals surface area contributed by atoms with Crippen molar-refractivity contribution in [1.29, 1.82) is 0 Å². The number of hydrogen-bond acceptors (Lipinski definition) is 4. The number of aromatic nitrogens is 4. The van der Waals surface area contributed by atoms with Gasteiger partial charge in [0, 0.05) is 26.9 Å². The molecule has 0 aliphatic heterocycles. The van der Waals surface area contributed by atoms with Crippen molar-refractivity contribution in [1.82, 2.24) is 25.1 Å². The van der Waals surface area contributed by atoms with Crippen molar-refractivity contribution < 1.29 is 4.74 Å². The summed E-state index contributed by atoms with van der Waals surface area (Å²) < 4.78 is 6.77. The van der Waals surface area contributed by atoms with Gasteiger partial charge in [-0.1, -0.05) is 0 Å². The molecule has 6 nitrogen and oxygen atoms in total. The zero-order valence-corrected chi connectivity index (χ0v) is 10.1. The van der Waals surface area contributed by atoms with Crippen LogP contribution in [0.25, 0.3) is 11.4 Å². The van der Waals surface area contributed by atoms with E-state index in [-0.39, 0.29) is 0 Å². The van der Waals surface area contributed by atoms with E-state index in [4.69, 9.17) is 4.74 Å². The third kappa shape index (κ3) is 2.92. The zero-order valence-electron chi connectivity index (χ0n) is 10.1. The second-order valence-corrected chi connectivity index (χ2v) is 3.75. The quantitative estimate of drug-likeness (QED) is 0.717. The van der Waals surface area contributed by atoms with Crippen molar-refractivity contribution in [2.24, 2.45) is 7.05 Å². The maximum absolute atomic E-state index is 4.95. The molecule has 0 saturated heterocycles. The van der Waals surface area contributed by atoms with E-state index in [2.05, 4.69) is 20.4 Å². The summed E-state index contributed by atoms with van der Waals surface area (Å²) in [5.41, 5.74) is 2.01. The maximum Gasteiger partial charge on any atom is 0.120 e. The number of hydrogen-bond donors (Lipinski definition) is 2. The van der Waals surface area contributed by atoms with Crippen molar-refractivity contribution in [2.75, 3.05) is 20.3 Å². The van der Waals surface area contributed by atoms with Gasteiger partial charge < -0.3 is 15.0 Å². The summed E-state index contributed by atoms with van der Waals surface area (Å²) >= 11 is 0. The van der Waals surface area contributed by atoms with Gasteiger partial charge in [0.2, 0.25) is 0 Å². The Morgan fingerprint density at radius 1 is 1.53 bits per heavy atom. The minimum atomic E-state index is 0.704. The third-order valence-corrected chi connectivity index (χ3v) is 2.50. The van der Waals surface area contributed by atoms with Gasteiger partial charge in [-0.2, -0.15) is 5.10 Å². The van der Waals surface area contributed by atoms with Crippen molar-refractivity contribution in [2.45, 2.75) is 6.54 Å². The number of aryl methyl sites for hydroxylation is 1. The first-order valence-electron chi connectivity index (χ1n) is 5.53. The van der Waals surface area contributed by atoms with Crippen molar-refractivity contribution in [3.63, 3.8) is 0 Å². The number of rotatable bonds is 6. The Hall–Kier alpha value is -1.66. The molecule has 2 N–H and O–H groups in total. The van der Waals surface area contributed by atoms with Crippen molar-refractivity contribution in [3.05, 3.63) is 24.3 Å². The van der Waals surface area contributed by atoms with Gasteiger partial charge in [0.1, 0.15) is 5.82 Å². The Labute approximate surface area is 100 Å². The van der Waals surface area contributed by atoms with Crippen LogP contribution in [-0.2, 0) is 18.3 Å². The summed E-state index contributed by atoms with van der Waals surface area (Å²) in [6, 6.07) is 1.95. The standard InChI is InChI=1S/C11H17N5O/c1-16-10(3-4-14-16)9-7-13-11(15-9)8-12-5-6-17-2/h3-4,7,12H,5-6,8H2,1-2H3,(H,13,15). The van der Waals surface area contributed by atoms with Gasteiger partial charge in [-0.05, 0) is 6.07 Å². The Morgan fingerprint density at radius 3 is 3.12 bits per heavy atom. The van der Waals surface area contributed by atoms with Gasteiger partial charge in [0.25, 0.3) is 0 Å². The van der Waals surface area contributed by atoms with E-state index in [1.807, 2.05) is 24.0 Å². The molecule has 0 unspecified atom stereocenters. The van der Waals surface area contributed by atoms with Crippen LogP contribution in [0.2, 0.25) is 0 Å². The summed E-state index contributed by atoms with van der Waals surface area (Å²) in [7, 11) is 3.60. The van der Waals surface area contributed by atoms with Crippen LogP contribution in [0.5, 0.6) is 0 Å². The Bertz CT molecular complexity index is 462. The lowest BCUT2D eigenvalue weighted by Crippen LogP contribution is -2.19. The first kappa shape index (κ1) is 11.8. The average Bonchev–Trinajstić information content (AvgIpc) is 2.93. The molecular weight excluding hydrogens is 218 g/mol. The summed E-state index contributed by atoms with van der Waals surface area (Å²) in [5, 5.41) is 7.36. The predicted octanol–water partition coefficient (Wildman–Crippen LogP) is 0.546. The number of ether oxygens (including phenoxy) is 1. The number of H-pyrrole nitrogens is 1. The molecule has 2 heterocycles. The Kier molecular flexibility index (Phi) is 3.89. The zero-order chi connectivity index (χ0) is 12.1. The topological polar surface area (TPSA) is 67.8 Å². The highest BCUT2D eigenvalue weighted by Gasteiger charge is 2.05. The van der Waals surface area contributed by atoms with Crippen molar-refractivity contribution in [3.8, 4) is 11.4 Å². The SMILES string of the molecule is COCCNCc1ncc(-c2ccnn2C)[nH]1. The molecule has 0 bridgehead atoms. The largest absolute Gasteiger partial charge is 0.383 e. The monoisotopic (exact) mass is 235 g/mol. The Balaban J connectivity index is 1.95.